The fourth-order valence-corrected chi connectivity index (χ4v) is 2.52. The third kappa shape index (κ3) is 3.37. The molecular weight excluding hydrogens is 325 g/mol. The lowest BCUT2D eigenvalue weighted by atomic mass is 10.1. The van der Waals surface area contributed by atoms with Gasteiger partial charge in [0.1, 0.15) is 0 Å². The maximum Gasteiger partial charge on any atom is 0.417 e. The molecule has 0 unspecified atom stereocenters. The Morgan fingerprint density at radius 2 is 2.12 bits per heavy atom. The van der Waals surface area contributed by atoms with E-state index in [4.69, 9.17) is 5.73 Å². The van der Waals surface area contributed by atoms with Crippen LogP contribution in [-0.2, 0) is 6.18 Å². The van der Waals surface area contributed by atoms with Crippen LogP contribution < -0.4 is 5.73 Å². The van der Waals surface area contributed by atoms with Crippen molar-refractivity contribution in [1.82, 2.24) is 24.9 Å². The Bertz CT molecular complexity index is 727. The molecule has 0 radical (unpaired) electrons. The topological polar surface area (TPSA) is 89.9 Å². The number of hydrogen-bond acceptors (Lipinski definition) is 5. The SMILES string of the molecule is N[C@H]1CCCN(C(=O)c2cn(-c3ccc(C(F)(F)F)cn3)nn2)C1. The third-order valence-corrected chi connectivity index (χ3v) is 3.77. The molecule has 0 spiro atoms. The molecule has 0 aliphatic carbocycles. The molecule has 2 N–H and O–H groups in total. The molecule has 10 heteroatoms. The van der Waals surface area contributed by atoms with Crippen LogP contribution in [0.25, 0.3) is 5.82 Å². The first-order chi connectivity index (χ1) is 11.3. The quantitative estimate of drug-likeness (QED) is 0.888. The number of carbonyl (C=O) groups excluding carboxylic acids is 1. The van der Waals surface area contributed by atoms with Crippen LogP contribution in [0.4, 0.5) is 13.2 Å². The molecule has 24 heavy (non-hydrogen) atoms. The maximum absolute atomic E-state index is 12.5. The van der Waals surface area contributed by atoms with Gasteiger partial charge in [0.15, 0.2) is 11.5 Å². The second kappa shape index (κ2) is 6.19. The monoisotopic (exact) mass is 340 g/mol. The largest absolute Gasteiger partial charge is 0.417 e. The third-order valence-electron chi connectivity index (χ3n) is 3.77. The Kier molecular flexibility index (Phi) is 4.22. The van der Waals surface area contributed by atoms with Crippen molar-refractivity contribution < 1.29 is 18.0 Å². The van der Waals surface area contributed by atoms with Crippen molar-refractivity contribution >= 4 is 5.91 Å². The average Bonchev–Trinajstić information content (AvgIpc) is 3.03. The Hall–Kier alpha value is -2.49. The van der Waals surface area contributed by atoms with Gasteiger partial charge in [0.05, 0.1) is 11.8 Å². The Morgan fingerprint density at radius 3 is 2.75 bits per heavy atom. The normalized spacial score (nSPS) is 18.7. The second-order valence-corrected chi connectivity index (χ2v) is 5.60. The van der Waals surface area contributed by atoms with Crippen LogP contribution in [0.3, 0.4) is 0 Å². The number of pyridine rings is 1. The molecule has 0 saturated carbocycles. The number of halogens is 3. The van der Waals surface area contributed by atoms with Crippen molar-refractivity contribution in [1.29, 1.82) is 0 Å². The van der Waals surface area contributed by atoms with Gasteiger partial charge in [0.2, 0.25) is 0 Å². The molecule has 1 atom stereocenters. The molecule has 1 fully saturated rings. The lowest BCUT2D eigenvalue weighted by molar-refractivity contribution is -0.137. The highest BCUT2D eigenvalue weighted by Crippen LogP contribution is 2.28. The maximum atomic E-state index is 12.5. The zero-order chi connectivity index (χ0) is 17.3. The van der Waals surface area contributed by atoms with Crippen LogP contribution in [0.1, 0.15) is 28.9 Å². The van der Waals surface area contributed by atoms with Crippen LogP contribution in [0.5, 0.6) is 0 Å². The lowest BCUT2D eigenvalue weighted by Gasteiger charge is -2.29. The summed E-state index contributed by atoms with van der Waals surface area (Å²) in [5.41, 5.74) is 5.10. The minimum Gasteiger partial charge on any atom is -0.336 e. The number of likely N-dealkylation sites (tertiary alicyclic amines) is 1. The zero-order valence-corrected chi connectivity index (χ0v) is 12.6. The molecule has 7 nitrogen and oxygen atoms in total. The van der Waals surface area contributed by atoms with E-state index >= 15 is 0 Å². The van der Waals surface area contributed by atoms with E-state index in [1.54, 1.807) is 4.90 Å². The lowest BCUT2D eigenvalue weighted by Crippen LogP contribution is -2.45. The molecule has 0 aromatic carbocycles. The highest BCUT2D eigenvalue weighted by molar-refractivity contribution is 5.92. The summed E-state index contributed by atoms with van der Waals surface area (Å²) in [6.07, 6.45) is -0.713. The van der Waals surface area contributed by atoms with Crippen LogP contribution >= 0.6 is 0 Å². The molecular formula is C14H15F3N6O. The summed E-state index contributed by atoms with van der Waals surface area (Å²) in [5.74, 6) is -0.159. The van der Waals surface area contributed by atoms with Crippen LogP contribution in [-0.4, -0.2) is 49.9 Å². The Labute approximate surface area is 135 Å². The number of hydrogen-bond donors (Lipinski definition) is 1. The number of amides is 1. The number of alkyl halides is 3. The van der Waals surface area contributed by atoms with Crippen molar-refractivity contribution in [3.05, 3.63) is 35.8 Å². The smallest absolute Gasteiger partial charge is 0.336 e. The van der Waals surface area contributed by atoms with Gasteiger partial charge in [-0.1, -0.05) is 5.21 Å². The second-order valence-electron chi connectivity index (χ2n) is 5.60. The predicted molar refractivity (Wildman–Crippen MR) is 77.3 cm³/mol. The van der Waals surface area contributed by atoms with Crippen LogP contribution in [0.2, 0.25) is 0 Å². The summed E-state index contributed by atoms with van der Waals surface area (Å²) >= 11 is 0. The highest BCUT2D eigenvalue weighted by atomic mass is 19.4. The van der Waals surface area contributed by atoms with Gasteiger partial charge in [-0.15, -0.1) is 5.10 Å². The number of piperidine rings is 1. The van der Waals surface area contributed by atoms with E-state index in [1.165, 1.54) is 12.3 Å². The molecule has 3 heterocycles. The number of rotatable bonds is 2. The van der Waals surface area contributed by atoms with Crippen molar-refractivity contribution in [2.75, 3.05) is 13.1 Å². The van der Waals surface area contributed by atoms with Gasteiger partial charge < -0.3 is 10.6 Å². The molecule has 1 amide bonds. The van der Waals surface area contributed by atoms with Gasteiger partial charge in [0.25, 0.3) is 5.91 Å². The van der Waals surface area contributed by atoms with Crippen molar-refractivity contribution in [3.63, 3.8) is 0 Å². The van der Waals surface area contributed by atoms with E-state index in [0.29, 0.717) is 19.3 Å². The predicted octanol–water partition coefficient (Wildman–Crippen LogP) is 1.24. The molecule has 1 saturated heterocycles. The van der Waals surface area contributed by atoms with Gasteiger partial charge in [-0.05, 0) is 25.0 Å². The highest BCUT2D eigenvalue weighted by Gasteiger charge is 2.31. The first kappa shape index (κ1) is 16.4. The van der Waals surface area contributed by atoms with E-state index in [-0.39, 0.29) is 23.5 Å². The molecule has 2 aromatic heterocycles. The van der Waals surface area contributed by atoms with E-state index in [2.05, 4.69) is 15.3 Å². The molecule has 1 aliphatic rings. The molecule has 0 bridgehead atoms. The first-order valence-electron chi connectivity index (χ1n) is 7.35. The van der Waals surface area contributed by atoms with Gasteiger partial charge in [0, 0.05) is 25.3 Å². The first-order valence-corrected chi connectivity index (χ1v) is 7.35. The minimum absolute atomic E-state index is 0.0608. The van der Waals surface area contributed by atoms with E-state index in [9.17, 15) is 18.0 Å². The average molecular weight is 340 g/mol. The molecule has 128 valence electrons. The summed E-state index contributed by atoms with van der Waals surface area (Å²) < 4.78 is 38.8. The zero-order valence-electron chi connectivity index (χ0n) is 12.6. The Balaban J connectivity index is 1.76. The van der Waals surface area contributed by atoms with E-state index < -0.39 is 11.7 Å². The summed E-state index contributed by atoms with van der Waals surface area (Å²) in [6, 6.07) is 2.01. The summed E-state index contributed by atoms with van der Waals surface area (Å²) in [6.45, 7) is 1.04. The summed E-state index contributed by atoms with van der Waals surface area (Å²) in [4.78, 5) is 17.7. The van der Waals surface area contributed by atoms with Gasteiger partial charge in [-0.3, -0.25) is 4.79 Å². The van der Waals surface area contributed by atoms with Gasteiger partial charge in [-0.25, -0.2) is 9.67 Å². The molecule has 1 aliphatic heterocycles. The minimum atomic E-state index is -4.46. The summed E-state index contributed by atoms with van der Waals surface area (Å²) in [7, 11) is 0. The number of nitrogens with zero attached hydrogens (tertiary/aromatic N) is 5. The van der Waals surface area contributed by atoms with E-state index in [1.807, 2.05) is 0 Å². The van der Waals surface area contributed by atoms with Crippen molar-refractivity contribution in [2.45, 2.75) is 25.1 Å². The van der Waals surface area contributed by atoms with Gasteiger partial charge in [-0.2, -0.15) is 13.2 Å². The van der Waals surface area contributed by atoms with Gasteiger partial charge >= 0.3 is 6.18 Å². The fourth-order valence-electron chi connectivity index (χ4n) is 2.52. The molecule has 3 rings (SSSR count). The molecule has 2 aromatic rings. The summed E-state index contributed by atoms with van der Waals surface area (Å²) in [5, 5.41) is 7.54. The van der Waals surface area contributed by atoms with Crippen LogP contribution in [0.15, 0.2) is 24.5 Å². The number of aromatic nitrogens is 4. The fraction of sp³-hybridized carbons (Fsp3) is 0.429. The Morgan fingerprint density at radius 1 is 1.33 bits per heavy atom. The van der Waals surface area contributed by atoms with Crippen molar-refractivity contribution in [2.24, 2.45) is 5.73 Å². The van der Waals surface area contributed by atoms with Crippen molar-refractivity contribution in [3.8, 4) is 5.82 Å². The van der Waals surface area contributed by atoms with E-state index in [0.717, 1.165) is 23.6 Å². The standard InChI is InChI=1S/C14H15F3N6O/c15-14(16,17)9-3-4-12(19-6-9)23-8-11(20-21-23)13(24)22-5-1-2-10(18)7-22/h3-4,6,8,10H,1-2,5,7,18H2/t10-/m0/s1. The number of nitrogens with two attached hydrogens (primary N) is 1. The number of carbonyl (C=O) groups is 1. The van der Waals surface area contributed by atoms with Crippen LogP contribution in [0, 0.1) is 0 Å².